The molecule has 0 spiro atoms. The maximum absolute atomic E-state index is 5.40. The van der Waals surface area contributed by atoms with Crippen molar-refractivity contribution in [2.45, 2.75) is 33.4 Å². The number of hydrogen-bond acceptors (Lipinski definition) is 4. The van der Waals surface area contributed by atoms with E-state index in [-0.39, 0.29) is 24.0 Å². The van der Waals surface area contributed by atoms with Crippen LogP contribution >= 0.6 is 24.0 Å². The van der Waals surface area contributed by atoms with Crippen LogP contribution in [0, 0.1) is 11.8 Å². The van der Waals surface area contributed by atoms with E-state index >= 15 is 0 Å². The van der Waals surface area contributed by atoms with Crippen molar-refractivity contribution in [3.8, 4) is 0 Å². The van der Waals surface area contributed by atoms with Crippen LogP contribution in [0.4, 0.5) is 0 Å². The lowest BCUT2D eigenvalue weighted by atomic mass is 9.91. The van der Waals surface area contributed by atoms with Crippen LogP contribution in [-0.4, -0.2) is 75.3 Å². The minimum absolute atomic E-state index is 0. The van der Waals surface area contributed by atoms with Crippen LogP contribution in [0.15, 0.2) is 29.3 Å². The van der Waals surface area contributed by atoms with E-state index in [9.17, 15) is 0 Å². The van der Waals surface area contributed by atoms with Gasteiger partial charge in [-0.3, -0.25) is 14.8 Å². The number of likely N-dealkylation sites (tertiary alicyclic amines) is 1. The smallest absolute Gasteiger partial charge is 0.191 e. The molecular weight excluding hydrogens is 489 g/mol. The SMILES string of the molecule is CN=C(NCCN1CCOCC1)NCc1ccc(CN2CC(C)CC(C)C2)cc1.I. The Hall–Kier alpha value is -0.900. The quantitative estimate of drug-likeness (QED) is 0.323. The van der Waals surface area contributed by atoms with Gasteiger partial charge in [0.05, 0.1) is 13.2 Å². The molecule has 3 rings (SSSR count). The molecule has 2 atom stereocenters. The van der Waals surface area contributed by atoms with Crippen LogP contribution in [0.1, 0.15) is 31.4 Å². The van der Waals surface area contributed by atoms with Crippen molar-refractivity contribution in [1.82, 2.24) is 20.4 Å². The molecule has 2 aliphatic rings. The highest BCUT2D eigenvalue weighted by Gasteiger charge is 2.21. The fourth-order valence-corrected chi connectivity index (χ4v) is 4.51. The third-order valence-electron chi connectivity index (χ3n) is 5.88. The molecule has 2 unspecified atom stereocenters. The number of guanidine groups is 1. The third-order valence-corrected chi connectivity index (χ3v) is 5.88. The highest BCUT2D eigenvalue weighted by Crippen LogP contribution is 2.22. The van der Waals surface area contributed by atoms with Gasteiger partial charge in [0.25, 0.3) is 0 Å². The number of benzene rings is 1. The van der Waals surface area contributed by atoms with Crippen LogP contribution in [0.3, 0.4) is 0 Å². The number of ether oxygens (including phenoxy) is 1. The molecule has 2 N–H and O–H groups in total. The van der Waals surface area contributed by atoms with E-state index < -0.39 is 0 Å². The Morgan fingerprint density at radius 3 is 2.27 bits per heavy atom. The average Bonchev–Trinajstić information content (AvgIpc) is 2.71. The number of morpholine rings is 1. The molecule has 0 saturated carbocycles. The summed E-state index contributed by atoms with van der Waals surface area (Å²) in [6.07, 6.45) is 1.36. The van der Waals surface area contributed by atoms with Gasteiger partial charge in [-0.15, -0.1) is 24.0 Å². The highest BCUT2D eigenvalue weighted by atomic mass is 127. The summed E-state index contributed by atoms with van der Waals surface area (Å²) in [6, 6.07) is 9.02. The van der Waals surface area contributed by atoms with Gasteiger partial charge in [-0.05, 0) is 29.4 Å². The molecule has 30 heavy (non-hydrogen) atoms. The van der Waals surface area contributed by atoms with Crippen LogP contribution in [0.2, 0.25) is 0 Å². The Kier molecular flexibility index (Phi) is 11.4. The maximum Gasteiger partial charge on any atom is 0.191 e. The molecule has 0 amide bonds. The molecule has 1 aromatic rings. The fraction of sp³-hybridized carbons (Fsp3) is 0.696. The summed E-state index contributed by atoms with van der Waals surface area (Å²) in [7, 11) is 1.83. The second kappa shape index (κ2) is 13.5. The standard InChI is InChI=1S/C23H39N5O.HI/c1-19-14-20(2)17-28(16-19)18-22-6-4-21(5-7-22)15-26-23(24-3)25-8-9-27-10-12-29-13-11-27;/h4-7,19-20H,8-18H2,1-3H3,(H2,24,25,26);1H. The van der Waals surface area contributed by atoms with Crippen LogP contribution in [0.5, 0.6) is 0 Å². The van der Waals surface area contributed by atoms with E-state index in [2.05, 4.69) is 63.5 Å². The van der Waals surface area contributed by atoms with E-state index in [1.807, 2.05) is 7.05 Å². The molecular formula is C23H40IN5O. The fourth-order valence-electron chi connectivity index (χ4n) is 4.51. The molecule has 2 fully saturated rings. The number of rotatable bonds is 7. The first-order valence-corrected chi connectivity index (χ1v) is 11.2. The van der Waals surface area contributed by atoms with Crippen molar-refractivity contribution in [3.63, 3.8) is 0 Å². The van der Waals surface area contributed by atoms with Gasteiger partial charge < -0.3 is 15.4 Å². The normalized spacial score (nSPS) is 23.6. The average molecular weight is 530 g/mol. The molecule has 2 aliphatic heterocycles. The zero-order valence-electron chi connectivity index (χ0n) is 18.9. The van der Waals surface area contributed by atoms with Gasteiger partial charge in [0.1, 0.15) is 0 Å². The van der Waals surface area contributed by atoms with E-state index in [0.717, 1.165) is 70.3 Å². The Bertz CT molecular complexity index is 623. The minimum Gasteiger partial charge on any atom is -0.379 e. The minimum atomic E-state index is 0. The van der Waals surface area contributed by atoms with Gasteiger partial charge in [0.2, 0.25) is 0 Å². The first-order chi connectivity index (χ1) is 14.1. The Labute approximate surface area is 199 Å². The van der Waals surface area contributed by atoms with Gasteiger partial charge in [0, 0.05) is 59.4 Å². The maximum atomic E-state index is 5.40. The summed E-state index contributed by atoms with van der Waals surface area (Å²) in [5, 5.41) is 6.83. The summed E-state index contributed by atoms with van der Waals surface area (Å²) >= 11 is 0. The molecule has 1 aromatic carbocycles. The first-order valence-electron chi connectivity index (χ1n) is 11.2. The summed E-state index contributed by atoms with van der Waals surface area (Å²) in [5.41, 5.74) is 2.69. The third kappa shape index (κ3) is 8.69. The monoisotopic (exact) mass is 529 g/mol. The second-order valence-electron chi connectivity index (χ2n) is 8.76. The van der Waals surface area contributed by atoms with E-state index in [1.165, 1.54) is 30.6 Å². The molecule has 7 heteroatoms. The van der Waals surface area contributed by atoms with E-state index in [0.29, 0.717) is 0 Å². The lowest BCUT2D eigenvalue weighted by molar-refractivity contribution is 0.0389. The lowest BCUT2D eigenvalue weighted by Crippen LogP contribution is -2.44. The largest absolute Gasteiger partial charge is 0.379 e. The number of aliphatic imine (C=N–C) groups is 1. The molecule has 2 heterocycles. The van der Waals surface area contributed by atoms with Gasteiger partial charge in [-0.1, -0.05) is 38.1 Å². The van der Waals surface area contributed by atoms with Gasteiger partial charge in [0.15, 0.2) is 5.96 Å². The zero-order valence-corrected chi connectivity index (χ0v) is 21.2. The van der Waals surface area contributed by atoms with Crippen LogP contribution in [-0.2, 0) is 17.8 Å². The van der Waals surface area contributed by atoms with E-state index in [1.54, 1.807) is 0 Å². The van der Waals surface area contributed by atoms with E-state index in [4.69, 9.17) is 4.74 Å². The molecule has 0 aromatic heterocycles. The molecule has 0 bridgehead atoms. The topological polar surface area (TPSA) is 52.1 Å². The van der Waals surface area contributed by atoms with Crippen molar-refractivity contribution in [2.24, 2.45) is 16.8 Å². The summed E-state index contributed by atoms with van der Waals surface area (Å²) in [5.74, 6) is 2.48. The summed E-state index contributed by atoms with van der Waals surface area (Å²) in [4.78, 5) is 9.37. The molecule has 6 nitrogen and oxygen atoms in total. The number of nitrogens with zero attached hydrogens (tertiary/aromatic N) is 3. The first kappa shape index (κ1) is 25.4. The van der Waals surface area contributed by atoms with Gasteiger partial charge in [-0.2, -0.15) is 0 Å². The van der Waals surface area contributed by atoms with Crippen molar-refractivity contribution >= 4 is 29.9 Å². The summed E-state index contributed by atoms with van der Waals surface area (Å²) in [6.45, 7) is 14.7. The van der Waals surface area contributed by atoms with Crippen molar-refractivity contribution < 1.29 is 4.74 Å². The number of nitrogens with one attached hydrogen (secondary N) is 2. The highest BCUT2D eigenvalue weighted by molar-refractivity contribution is 14.0. The Balaban J connectivity index is 0.00000320. The van der Waals surface area contributed by atoms with Gasteiger partial charge in [-0.25, -0.2) is 0 Å². The van der Waals surface area contributed by atoms with Crippen LogP contribution in [0.25, 0.3) is 0 Å². The number of halogens is 1. The molecule has 170 valence electrons. The lowest BCUT2D eigenvalue weighted by Gasteiger charge is -2.35. The summed E-state index contributed by atoms with van der Waals surface area (Å²) < 4.78 is 5.40. The number of hydrogen-bond donors (Lipinski definition) is 2. The molecule has 0 aliphatic carbocycles. The number of piperidine rings is 1. The van der Waals surface area contributed by atoms with Gasteiger partial charge >= 0.3 is 0 Å². The second-order valence-corrected chi connectivity index (χ2v) is 8.76. The molecule has 2 saturated heterocycles. The Morgan fingerprint density at radius 1 is 1.00 bits per heavy atom. The van der Waals surface area contributed by atoms with Crippen molar-refractivity contribution in [2.75, 3.05) is 59.5 Å². The molecule has 0 radical (unpaired) electrons. The zero-order chi connectivity index (χ0) is 20.5. The van der Waals surface area contributed by atoms with Crippen LogP contribution < -0.4 is 10.6 Å². The van der Waals surface area contributed by atoms with Crippen molar-refractivity contribution in [1.29, 1.82) is 0 Å². The Morgan fingerprint density at radius 2 is 1.63 bits per heavy atom. The predicted molar refractivity (Wildman–Crippen MR) is 136 cm³/mol. The van der Waals surface area contributed by atoms with Crippen molar-refractivity contribution in [3.05, 3.63) is 35.4 Å². The predicted octanol–water partition coefficient (Wildman–Crippen LogP) is 2.78.